The van der Waals surface area contributed by atoms with Gasteiger partial charge in [0.25, 0.3) is 0 Å². The van der Waals surface area contributed by atoms with Gasteiger partial charge in [-0.25, -0.2) is 9.78 Å². The average Bonchev–Trinajstić information content (AvgIpc) is 2.60. The van der Waals surface area contributed by atoms with Crippen molar-refractivity contribution in [2.75, 3.05) is 19.5 Å². The Morgan fingerprint density at radius 3 is 2.32 bits per heavy atom. The highest BCUT2D eigenvalue weighted by molar-refractivity contribution is 5.89. The maximum atomic E-state index is 12.3. The van der Waals surface area contributed by atoms with E-state index in [9.17, 15) is 9.59 Å². The molecule has 7 nitrogen and oxygen atoms in total. The predicted octanol–water partition coefficient (Wildman–Crippen LogP) is 2.83. The number of carbonyl (C=O) groups is 1. The summed E-state index contributed by atoms with van der Waals surface area (Å²) in [5.41, 5.74) is 1.18. The fourth-order valence-corrected chi connectivity index (χ4v) is 2.42. The van der Waals surface area contributed by atoms with Gasteiger partial charge in [-0.05, 0) is 24.3 Å². The molecule has 1 N–H and O–H groups in total. The molecule has 7 heteroatoms. The predicted molar refractivity (Wildman–Crippen MR) is 93.1 cm³/mol. The molecular formula is C18H16N2O5. The van der Waals surface area contributed by atoms with Gasteiger partial charge in [-0.2, -0.15) is 0 Å². The molecule has 3 rings (SSSR count). The zero-order chi connectivity index (χ0) is 18.0. The van der Waals surface area contributed by atoms with Crippen LogP contribution in [0.1, 0.15) is 6.92 Å². The van der Waals surface area contributed by atoms with Gasteiger partial charge < -0.3 is 19.2 Å². The van der Waals surface area contributed by atoms with Crippen molar-refractivity contribution in [1.29, 1.82) is 0 Å². The Kier molecular flexibility index (Phi) is 4.38. The van der Waals surface area contributed by atoms with Crippen LogP contribution in [-0.2, 0) is 4.79 Å². The summed E-state index contributed by atoms with van der Waals surface area (Å²) in [5.74, 6) is 0.916. The van der Waals surface area contributed by atoms with Crippen molar-refractivity contribution in [1.82, 2.24) is 4.98 Å². The Morgan fingerprint density at radius 2 is 1.72 bits per heavy atom. The number of hydrogen-bond donors (Lipinski definition) is 1. The number of hydrogen-bond acceptors (Lipinski definition) is 6. The summed E-state index contributed by atoms with van der Waals surface area (Å²) in [6.45, 7) is 1.43. The van der Waals surface area contributed by atoms with Crippen molar-refractivity contribution < 1.29 is 18.7 Å². The van der Waals surface area contributed by atoms with E-state index >= 15 is 0 Å². The first-order chi connectivity index (χ1) is 12.0. The summed E-state index contributed by atoms with van der Waals surface area (Å²) >= 11 is 0. The Hall–Kier alpha value is -3.35. The van der Waals surface area contributed by atoms with Crippen LogP contribution >= 0.6 is 0 Å². The second-order valence-electron chi connectivity index (χ2n) is 5.29. The molecule has 0 aliphatic rings. The standard InChI is InChI=1S/C18H16N2O5/c1-10(21)19-12-6-4-11(5-7-12)17-20-14-9-16(24-3)15(23-2)8-13(14)18(22)25-17/h4-9H,1-3H3,(H,19,21). The molecule has 1 aromatic heterocycles. The van der Waals surface area contributed by atoms with E-state index in [0.29, 0.717) is 33.7 Å². The van der Waals surface area contributed by atoms with Crippen LogP contribution < -0.4 is 20.4 Å². The first kappa shape index (κ1) is 16.5. The first-order valence-corrected chi connectivity index (χ1v) is 7.46. The third-order valence-corrected chi connectivity index (χ3v) is 3.59. The average molecular weight is 340 g/mol. The summed E-state index contributed by atoms with van der Waals surface area (Å²) < 4.78 is 15.8. The van der Waals surface area contributed by atoms with Crippen LogP contribution in [-0.4, -0.2) is 25.1 Å². The quantitative estimate of drug-likeness (QED) is 0.785. The van der Waals surface area contributed by atoms with Gasteiger partial charge in [0.15, 0.2) is 11.5 Å². The minimum Gasteiger partial charge on any atom is -0.493 e. The van der Waals surface area contributed by atoms with Crippen LogP contribution in [0.5, 0.6) is 11.5 Å². The van der Waals surface area contributed by atoms with Gasteiger partial charge >= 0.3 is 5.63 Å². The number of ether oxygens (including phenoxy) is 2. The lowest BCUT2D eigenvalue weighted by Gasteiger charge is -2.09. The number of benzene rings is 2. The van der Waals surface area contributed by atoms with Crippen molar-refractivity contribution in [3.8, 4) is 23.0 Å². The van der Waals surface area contributed by atoms with Gasteiger partial charge in [0, 0.05) is 30.3 Å². The monoisotopic (exact) mass is 340 g/mol. The zero-order valence-corrected chi connectivity index (χ0v) is 14.0. The number of nitrogens with one attached hydrogen (secondary N) is 1. The molecule has 25 heavy (non-hydrogen) atoms. The zero-order valence-electron chi connectivity index (χ0n) is 14.0. The highest BCUT2D eigenvalue weighted by Crippen LogP contribution is 2.31. The Balaban J connectivity index is 2.08. The van der Waals surface area contributed by atoms with Gasteiger partial charge in [0.05, 0.1) is 25.1 Å². The molecule has 0 aliphatic heterocycles. The Morgan fingerprint density at radius 1 is 1.08 bits per heavy atom. The molecule has 0 fully saturated rings. The molecule has 1 amide bonds. The van der Waals surface area contributed by atoms with E-state index < -0.39 is 5.63 Å². The number of nitrogens with zero attached hydrogens (tertiary/aromatic N) is 1. The minimum atomic E-state index is -0.521. The molecule has 2 aromatic carbocycles. The van der Waals surface area contributed by atoms with Crippen molar-refractivity contribution >= 4 is 22.5 Å². The first-order valence-electron chi connectivity index (χ1n) is 7.46. The normalized spacial score (nSPS) is 10.5. The number of fused-ring (bicyclic) bond motifs is 1. The third-order valence-electron chi connectivity index (χ3n) is 3.59. The van der Waals surface area contributed by atoms with Crippen molar-refractivity contribution in [2.45, 2.75) is 6.92 Å². The van der Waals surface area contributed by atoms with Gasteiger partial charge in [-0.1, -0.05) is 0 Å². The van der Waals surface area contributed by atoms with Gasteiger partial charge in [-0.3, -0.25) is 4.79 Å². The molecule has 1 heterocycles. The summed E-state index contributed by atoms with van der Waals surface area (Å²) in [5, 5.41) is 2.97. The van der Waals surface area contributed by atoms with Crippen LogP contribution in [0.4, 0.5) is 5.69 Å². The summed E-state index contributed by atoms with van der Waals surface area (Å²) in [6.07, 6.45) is 0. The van der Waals surface area contributed by atoms with E-state index in [0.717, 1.165) is 0 Å². The molecule has 0 unspecified atom stereocenters. The number of rotatable bonds is 4. The van der Waals surface area contributed by atoms with Crippen molar-refractivity contribution in [2.24, 2.45) is 0 Å². The fraction of sp³-hybridized carbons (Fsp3) is 0.167. The number of anilines is 1. The second kappa shape index (κ2) is 6.64. The minimum absolute atomic E-state index is 0.163. The Labute approximate surface area is 143 Å². The molecule has 0 radical (unpaired) electrons. The molecule has 0 atom stereocenters. The van der Waals surface area contributed by atoms with E-state index in [1.54, 1.807) is 30.3 Å². The van der Waals surface area contributed by atoms with E-state index in [1.807, 2.05) is 0 Å². The second-order valence-corrected chi connectivity index (χ2v) is 5.29. The van der Waals surface area contributed by atoms with E-state index in [4.69, 9.17) is 13.9 Å². The van der Waals surface area contributed by atoms with E-state index in [-0.39, 0.29) is 11.8 Å². The van der Waals surface area contributed by atoms with Crippen LogP contribution in [0.3, 0.4) is 0 Å². The number of amides is 1. The van der Waals surface area contributed by atoms with Crippen LogP contribution in [0, 0.1) is 0 Å². The molecule has 0 bridgehead atoms. The Bertz CT molecular complexity index is 993. The van der Waals surface area contributed by atoms with Gasteiger partial charge in [0.1, 0.15) is 0 Å². The highest BCUT2D eigenvalue weighted by Gasteiger charge is 2.13. The maximum absolute atomic E-state index is 12.3. The lowest BCUT2D eigenvalue weighted by atomic mass is 10.2. The topological polar surface area (TPSA) is 90.7 Å². The van der Waals surface area contributed by atoms with Crippen LogP contribution in [0.15, 0.2) is 45.6 Å². The molecule has 0 saturated carbocycles. The molecule has 3 aromatic rings. The third kappa shape index (κ3) is 3.30. The lowest BCUT2D eigenvalue weighted by Crippen LogP contribution is -2.06. The molecule has 128 valence electrons. The van der Waals surface area contributed by atoms with E-state index in [2.05, 4.69) is 10.3 Å². The van der Waals surface area contributed by atoms with Gasteiger partial charge in [-0.15, -0.1) is 0 Å². The lowest BCUT2D eigenvalue weighted by molar-refractivity contribution is -0.114. The largest absolute Gasteiger partial charge is 0.493 e. The maximum Gasteiger partial charge on any atom is 0.347 e. The smallest absolute Gasteiger partial charge is 0.347 e. The molecule has 0 spiro atoms. The number of methoxy groups -OCH3 is 2. The summed E-state index contributed by atoms with van der Waals surface area (Å²) in [4.78, 5) is 27.8. The van der Waals surface area contributed by atoms with Crippen LogP contribution in [0.2, 0.25) is 0 Å². The van der Waals surface area contributed by atoms with Crippen molar-refractivity contribution in [3.63, 3.8) is 0 Å². The number of aromatic nitrogens is 1. The summed E-state index contributed by atoms with van der Waals surface area (Å²) in [6, 6.07) is 10.00. The SMILES string of the molecule is COc1cc2nc(-c3ccc(NC(C)=O)cc3)oc(=O)c2cc1OC. The molecule has 0 aliphatic carbocycles. The van der Waals surface area contributed by atoms with E-state index in [1.165, 1.54) is 27.2 Å². The van der Waals surface area contributed by atoms with Gasteiger partial charge in [0.2, 0.25) is 11.8 Å². The van der Waals surface area contributed by atoms with Crippen LogP contribution in [0.25, 0.3) is 22.4 Å². The summed E-state index contributed by atoms with van der Waals surface area (Å²) in [7, 11) is 3.00. The molecule has 0 saturated heterocycles. The highest BCUT2D eigenvalue weighted by atomic mass is 16.5. The molecular weight excluding hydrogens is 324 g/mol. The van der Waals surface area contributed by atoms with Crippen molar-refractivity contribution in [3.05, 3.63) is 46.8 Å². The number of carbonyl (C=O) groups excluding carboxylic acids is 1. The fourth-order valence-electron chi connectivity index (χ4n) is 2.42.